The largest absolute Gasteiger partial charge is 0.329 e. The lowest BCUT2D eigenvalue weighted by atomic mass is 10.1. The zero-order chi connectivity index (χ0) is 13.9. The van der Waals surface area contributed by atoms with E-state index in [1.54, 1.807) is 0 Å². The van der Waals surface area contributed by atoms with E-state index in [0.29, 0.717) is 6.54 Å². The summed E-state index contributed by atoms with van der Waals surface area (Å²) < 4.78 is 0. The van der Waals surface area contributed by atoms with E-state index >= 15 is 0 Å². The van der Waals surface area contributed by atoms with E-state index in [0.717, 1.165) is 26.1 Å². The zero-order valence-electron chi connectivity index (χ0n) is 12.0. The minimum absolute atomic E-state index is 0.692. The summed E-state index contributed by atoms with van der Waals surface area (Å²) in [5.41, 5.74) is 8.24. The molecule has 1 aromatic rings. The number of hydrogen-bond acceptors (Lipinski definition) is 2. The molecule has 0 heterocycles. The van der Waals surface area contributed by atoms with Crippen molar-refractivity contribution in [2.24, 2.45) is 5.73 Å². The van der Waals surface area contributed by atoms with Crippen LogP contribution >= 0.6 is 0 Å². The maximum Gasteiger partial charge on any atom is 0.0234 e. The number of benzene rings is 1. The standard InChI is InChI=1S/C17H24N2/c1-3-8-16(4-2)11-13-19(14-12-18)15-17-9-6-5-7-10-17/h4-7,9-10H,11-15,18H2,1-2H3/b16-4+. The van der Waals surface area contributed by atoms with Crippen LogP contribution in [0.2, 0.25) is 0 Å². The third-order valence-corrected chi connectivity index (χ3v) is 3.03. The Morgan fingerprint density at radius 2 is 2.00 bits per heavy atom. The van der Waals surface area contributed by atoms with Crippen molar-refractivity contribution in [2.45, 2.75) is 26.8 Å². The lowest BCUT2D eigenvalue weighted by molar-refractivity contribution is 0.277. The zero-order valence-corrected chi connectivity index (χ0v) is 12.0. The van der Waals surface area contributed by atoms with Gasteiger partial charge >= 0.3 is 0 Å². The summed E-state index contributed by atoms with van der Waals surface area (Å²) in [6.07, 6.45) is 3.09. The van der Waals surface area contributed by atoms with Crippen LogP contribution in [0.1, 0.15) is 25.8 Å². The molecule has 1 aromatic carbocycles. The van der Waals surface area contributed by atoms with Crippen molar-refractivity contribution < 1.29 is 0 Å². The third kappa shape index (κ3) is 6.24. The van der Waals surface area contributed by atoms with Gasteiger partial charge in [0.1, 0.15) is 0 Å². The van der Waals surface area contributed by atoms with E-state index in [9.17, 15) is 0 Å². The Labute approximate surface area is 117 Å². The van der Waals surface area contributed by atoms with Crippen LogP contribution in [-0.2, 0) is 6.54 Å². The molecular formula is C17H24N2. The summed E-state index contributed by atoms with van der Waals surface area (Å²) >= 11 is 0. The summed E-state index contributed by atoms with van der Waals surface area (Å²) in [4.78, 5) is 2.39. The van der Waals surface area contributed by atoms with Crippen molar-refractivity contribution in [3.63, 3.8) is 0 Å². The second-order valence-electron chi connectivity index (χ2n) is 4.49. The molecule has 0 atom stereocenters. The summed E-state index contributed by atoms with van der Waals surface area (Å²) in [5, 5.41) is 0. The van der Waals surface area contributed by atoms with Crippen LogP contribution < -0.4 is 5.73 Å². The molecule has 0 aromatic heterocycles. The van der Waals surface area contributed by atoms with Crippen LogP contribution in [0.15, 0.2) is 42.0 Å². The summed E-state index contributed by atoms with van der Waals surface area (Å²) in [6, 6.07) is 10.5. The molecule has 1 rings (SSSR count). The highest BCUT2D eigenvalue weighted by atomic mass is 15.1. The second-order valence-corrected chi connectivity index (χ2v) is 4.49. The Morgan fingerprint density at radius 1 is 1.26 bits per heavy atom. The smallest absolute Gasteiger partial charge is 0.0234 e. The van der Waals surface area contributed by atoms with Gasteiger partial charge in [-0.25, -0.2) is 0 Å². The Kier molecular flexibility index (Phi) is 7.65. The molecule has 2 N–H and O–H groups in total. The minimum Gasteiger partial charge on any atom is -0.329 e. The molecule has 0 amide bonds. The first kappa shape index (κ1) is 15.5. The molecule has 0 aliphatic heterocycles. The number of nitrogens with zero attached hydrogens (tertiary/aromatic N) is 1. The van der Waals surface area contributed by atoms with E-state index < -0.39 is 0 Å². The molecule has 0 saturated carbocycles. The van der Waals surface area contributed by atoms with Gasteiger partial charge in [0.05, 0.1) is 0 Å². The summed E-state index contributed by atoms with van der Waals surface area (Å²) in [5.74, 6) is 6.11. The molecule has 0 fully saturated rings. The Bertz CT molecular complexity index is 437. The van der Waals surface area contributed by atoms with Gasteiger partial charge in [0.2, 0.25) is 0 Å². The number of nitrogens with two attached hydrogens (primary N) is 1. The van der Waals surface area contributed by atoms with Crippen molar-refractivity contribution in [1.29, 1.82) is 0 Å². The lowest BCUT2D eigenvalue weighted by Gasteiger charge is -2.21. The van der Waals surface area contributed by atoms with E-state index in [1.165, 1.54) is 11.1 Å². The molecule has 0 spiro atoms. The minimum atomic E-state index is 0.692. The highest BCUT2D eigenvalue weighted by Gasteiger charge is 2.05. The van der Waals surface area contributed by atoms with Crippen molar-refractivity contribution in [2.75, 3.05) is 19.6 Å². The lowest BCUT2D eigenvalue weighted by Crippen LogP contribution is -2.30. The van der Waals surface area contributed by atoms with Crippen LogP contribution in [-0.4, -0.2) is 24.5 Å². The van der Waals surface area contributed by atoms with E-state index in [2.05, 4.69) is 47.1 Å². The first-order valence-corrected chi connectivity index (χ1v) is 6.84. The van der Waals surface area contributed by atoms with Gasteiger partial charge in [0.15, 0.2) is 0 Å². The first-order valence-electron chi connectivity index (χ1n) is 6.84. The number of rotatable bonds is 7. The molecule has 102 valence electrons. The molecular weight excluding hydrogens is 232 g/mol. The molecule has 0 bridgehead atoms. The number of hydrogen-bond donors (Lipinski definition) is 1. The monoisotopic (exact) mass is 256 g/mol. The normalized spacial score (nSPS) is 11.3. The van der Waals surface area contributed by atoms with Crippen molar-refractivity contribution in [3.8, 4) is 11.8 Å². The van der Waals surface area contributed by atoms with E-state index in [4.69, 9.17) is 5.73 Å². The molecule has 2 nitrogen and oxygen atoms in total. The van der Waals surface area contributed by atoms with Gasteiger partial charge < -0.3 is 5.73 Å². The van der Waals surface area contributed by atoms with Gasteiger partial charge in [0.25, 0.3) is 0 Å². The average molecular weight is 256 g/mol. The molecule has 2 heteroatoms. The van der Waals surface area contributed by atoms with Crippen molar-refractivity contribution in [1.82, 2.24) is 4.90 Å². The predicted octanol–water partition coefficient (Wildman–Crippen LogP) is 2.81. The first-order chi connectivity index (χ1) is 9.30. The summed E-state index contributed by atoms with van der Waals surface area (Å²) in [7, 11) is 0. The molecule has 0 unspecified atom stereocenters. The van der Waals surface area contributed by atoms with Gasteiger partial charge in [-0.1, -0.05) is 42.3 Å². The number of allylic oxidation sites excluding steroid dienone is 1. The van der Waals surface area contributed by atoms with Crippen LogP contribution in [0.4, 0.5) is 0 Å². The average Bonchev–Trinajstić information content (AvgIpc) is 2.44. The molecule has 0 aliphatic rings. The van der Waals surface area contributed by atoms with Gasteiger partial charge in [-0.3, -0.25) is 4.90 Å². The topological polar surface area (TPSA) is 29.3 Å². The van der Waals surface area contributed by atoms with Crippen LogP contribution in [0, 0.1) is 11.8 Å². The Balaban J connectivity index is 2.55. The van der Waals surface area contributed by atoms with Crippen LogP contribution in [0.25, 0.3) is 0 Å². The molecule has 0 radical (unpaired) electrons. The quantitative estimate of drug-likeness (QED) is 0.760. The maximum absolute atomic E-state index is 5.70. The molecule has 0 saturated heterocycles. The third-order valence-electron chi connectivity index (χ3n) is 3.03. The van der Waals surface area contributed by atoms with Crippen molar-refractivity contribution in [3.05, 3.63) is 47.5 Å². The van der Waals surface area contributed by atoms with E-state index in [1.807, 2.05) is 19.9 Å². The van der Waals surface area contributed by atoms with E-state index in [-0.39, 0.29) is 0 Å². The van der Waals surface area contributed by atoms with Crippen LogP contribution in [0.5, 0.6) is 0 Å². The van der Waals surface area contributed by atoms with Gasteiger partial charge in [-0.15, -0.1) is 5.92 Å². The highest BCUT2D eigenvalue weighted by Crippen LogP contribution is 2.07. The fraction of sp³-hybridized carbons (Fsp3) is 0.412. The van der Waals surface area contributed by atoms with Crippen LogP contribution in [0.3, 0.4) is 0 Å². The maximum atomic E-state index is 5.70. The van der Waals surface area contributed by atoms with Gasteiger partial charge in [0, 0.05) is 26.2 Å². The second kappa shape index (κ2) is 9.38. The highest BCUT2D eigenvalue weighted by molar-refractivity contribution is 5.27. The fourth-order valence-electron chi connectivity index (χ4n) is 2.01. The summed E-state index contributed by atoms with van der Waals surface area (Å²) in [6.45, 7) is 7.49. The van der Waals surface area contributed by atoms with Gasteiger partial charge in [-0.05, 0) is 31.4 Å². The molecule has 19 heavy (non-hydrogen) atoms. The Hall–Kier alpha value is -1.56. The molecule has 0 aliphatic carbocycles. The fourth-order valence-corrected chi connectivity index (χ4v) is 2.01. The SMILES string of the molecule is CC#C/C(=C\C)CCN(CCN)Cc1ccccc1. The predicted molar refractivity (Wildman–Crippen MR) is 82.6 cm³/mol. The van der Waals surface area contributed by atoms with Gasteiger partial charge in [-0.2, -0.15) is 0 Å². The van der Waals surface area contributed by atoms with Crippen molar-refractivity contribution >= 4 is 0 Å². The Morgan fingerprint density at radius 3 is 2.58 bits per heavy atom.